The molecule has 0 bridgehead atoms. The van der Waals surface area contributed by atoms with Crippen molar-refractivity contribution in [2.45, 2.75) is 39.0 Å². The molecule has 2 atom stereocenters. The Morgan fingerprint density at radius 1 is 1.26 bits per heavy atom. The van der Waals surface area contributed by atoms with Crippen LogP contribution < -0.4 is 0 Å². The second-order valence-corrected chi connectivity index (χ2v) is 6.11. The molecule has 0 aliphatic carbocycles. The quantitative estimate of drug-likeness (QED) is 0.902. The minimum atomic E-state index is -0.138. The number of aliphatic hydroxyl groups is 1. The van der Waals surface area contributed by atoms with Crippen molar-refractivity contribution in [2.75, 3.05) is 19.8 Å². The summed E-state index contributed by atoms with van der Waals surface area (Å²) in [5.74, 6) is 1.24. The minimum Gasteiger partial charge on any atom is -0.424 e. The zero-order valence-electron chi connectivity index (χ0n) is 13.6. The van der Waals surface area contributed by atoms with Crippen LogP contribution in [0.15, 0.2) is 28.7 Å². The second-order valence-electron chi connectivity index (χ2n) is 6.11. The lowest BCUT2D eigenvalue weighted by Crippen LogP contribution is -2.48. The molecule has 23 heavy (non-hydrogen) atoms. The molecule has 1 aliphatic rings. The predicted molar refractivity (Wildman–Crippen MR) is 85.0 cm³/mol. The molecule has 6 heteroatoms. The van der Waals surface area contributed by atoms with Gasteiger partial charge in [0.1, 0.15) is 0 Å². The lowest BCUT2D eigenvalue weighted by atomic mass is 10.1. The summed E-state index contributed by atoms with van der Waals surface area (Å²) < 4.78 is 11.3. The number of ether oxygens (including phenoxy) is 1. The van der Waals surface area contributed by atoms with Crippen LogP contribution in [0, 0.1) is 6.92 Å². The Kier molecular flexibility index (Phi) is 5.05. The third kappa shape index (κ3) is 3.96. The summed E-state index contributed by atoms with van der Waals surface area (Å²) in [5, 5.41) is 17.6. The molecule has 1 saturated heterocycles. The molecule has 124 valence electrons. The third-order valence-corrected chi connectivity index (χ3v) is 4.29. The number of hydrogen-bond acceptors (Lipinski definition) is 6. The monoisotopic (exact) mass is 317 g/mol. The van der Waals surface area contributed by atoms with Crippen LogP contribution in [0.2, 0.25) is 0 Å². The molecule has 1 aliphatic heterocycles. The van der Waals surface area contributed by atoms with Crippen molar-refractivity contribution in [1.82, 2.24) is 15.1 Å². The Bertz CT molecular complexity index is 644. The van der Waals surface area contributed by atoms with Gasteiger partial charge in [-0.2, -0.15) is 0 Å². The Labute approximate surface area is 136 Å². The van der Waals surface area contributed by atoms with Gasteiger partial charge in [-0.05, 0) is 25.0 Å². The first-order valence-corrected chi connectivity index (χ1v) is 7.98. The molecule has 2 heterocycles. The molecule has 0 amide bonds. The van der Waals surface area contributed by atoms with Gasteiger partial charge in [-0.3, -0.25) is 4.90 Å². The van der Waals surface area contributed by atoms with Gasteiger partial charge in [-0.25, -0.2) is 0 Å². The SMILES string of the molecule is Cc1ccccc1Cc1nnc(CN2C[C@H](CO)OC[C@H]2C)o1. The Morgan fingerprint density at radius 2 is 2.04 bits per heavy atom. The van der Waals surface area contributed by atoms with E-state index in [1.807, 2.05) is 12.1 Å². The maximum Gasteiger partial charge on any atom is 0.230 e. The number of aliphatic hydroxyl groups excluding tert-OH is 1. The van der Waals surface area contributed by atoms with Gasteiger partial charge in [-0.15, -0.1) is 10.2 Å². The van der Waals surface area contributed by atoms with Gasteiger partial charge in [0.2, 0.25) is 11.8 Å². The van der Waals surface area contributed by atoms with Crippen LogP contribution in [0.25, 0.3) is 0 Å². The molecule has 1 N–H and O–H groups in total. The maximum absolute atomic E-state index is 9.25. The topological polar surface area (TPSA) is 71.6 Å². The first-order valence-electron chi connectivity index (χ1n) is 7.98. The van der Waals surface area contributed by atoms with Crippen LogP contribution in [0.4, 0.5) is 0 Å². The van der Waals surface area contributed by atoms with Crippen LogP contribution in [0.5, 0.6) is 0 Å². The standard InChI is InChI=1S/C17H23N3O3/c1-12-5-3-4-6-14(12)7-16-18-19-17(23-16)9-20-8-15(10-21)22-11-13(20)2/h3-6,13,15,21H,7-11H2,1-2H3/t13-,15-/m1/s1. The van der Waals surface area contributed by atoms with Crippen LogP contribution in [0.1, 0.15) is 29.8 Å². The molecule has 1 aromatic heterocycles. The molecule has 1 fully saturated rings. The number of aromatic nitrogens is 2. The zero-order chi connectivity index (χ0) is 16.2. The molecule has 0 spiro atoms. The molecule has 3 rings (SSSR count). The summed E-state index contributed by atoms with van der Waals surface area (Å²) in [5.41, 5.74) is 2.42. The van der Waals surface area contributed by atoms with Gasteiger partial charge >= 0.3 is 0 Å². The van der Waals surface area contributed by atoms with Crippen molar-refractivity contribution in [3.8, 4) is 0 Å². The van der Waals surface area contributed by atoms with Gasteiger partial charge < -0.3 is 14.3 Å². The van der Waals surface area contributed by atoms with E-state index in [0.717, 1.165) is 0 Å². The number of benzene rings is 1. The van der Waals surface area contributed by atoms with Gasteiger partial charge in [0.15, 0.2) is 0 Å². The maximum atomic E-state index is 9.25. The first kappa shape index (κ1) is 16.1. The van der Waals surface area contributed by atoms with E-state index in [1.165, 1.54) is 11.1 Å². The Morgan fingerprint density at radius 3 is 2.83 bits per heavy atom. The number of morpholine rings is 1. The van der Waals surface area contributed by atoms with Crippen LogP contribution in [-0.2, 0) is 17.7 Å². The highest BCUT2D eigenvalue weighted by Crippen LogP contribution is 2.17. The number of nitrogens with zero attached hydrogens (tertiary/aromatic N) is 3. The lowest BCUT2D eigenvalue weighted by molar-refractivity contribution is -0.0824. The second kappa shape index (κ2) is 7.21. The van der Waals surface area contributed by atoms with Crippen molar-refractivity contribution in [1.29, 1.82) is 0 Å². The van der Waals surface area contributed by atoms with E-state index in [9.17, 15) is 5.11 Å². The normalized spacial score (nSPS) is 22.4. The van der Waals surface area contributed by atoms with Crippen LogP contribution in [-0.4, -0.2) is 52.1 Å². The van der Waals surface area contributed by atoms with E-state index < -0.39 is 0 Å². The predicted octanol–water partition coefficient (Wildman–Crippen LogP) is 1.55. The van der Waals surface area contributed by atoms with Crippen molar-refractivity contribution >= 4 is 0 Å². The largest absolute Gasteiger partial charge is 0.424 e. The van der Waals surface area contributed by atoms with Crippen molar-refractivity contribution in [2.24, 2.45) is 0 Å². The number of rotatable bonds is 5. The molecule has 1 aromatic carbocycles. The summed E-state index contributed by atoms with van der Waals surface area (Å²) >= 11 is 0. The first-order chi connectivity index (χ1) is 11.2. The van der Waals surface area contributed by atoms with Gasteiger partial charge in [-0.1, -0.05) is 24.3 Å². The molecule has 2 aromatic rings. The Balaban J connectivity index is 1.64. The van der Waals surface area contributed by atoms with Crippen molar-refractivity contribution < 1.29 is 14.3 Å². The minimum absolute atomic E-state index is 0.0333. The number of hydrogen-bond donors (Lipinski definition) is 1. The molecule has 6 nitrogen and oxygen atoms in total. The molecular formula is C17H23N3O3. The molecule has 0 saturated carbocycles. The van der Waals surface area contributed by atoms with Gasteiger partial charge in [0.05, 0.1) is 32.3 Å². The van der Waals surface area contributed by atoms with Gasteiger partial charge in [0, 0.05) is 12.6 Å². The summed E-state index contributed by atoms with van der Waals surface area (Å²) in [6.45, 7) is 6.07. The summed E-state index contributed by atoms with van der Waals surface area (Å²) in [4.78, 5) is 2.20. The average molecular weight is 317 g/mol. The molecular weight excluding hydrogens is 294 g/mol. The third-order valence-electron chi connectivity index (χ3n) is 4.29. The highest BCUT2D eigenvalue weighted by atomic mass is 16.5. The van der Waals surface area contributed by atoms with E-state index in [2.05, 4.69) is 41.1 Å². The summed E-state index contributed by atoms with van der Waals surface area (Å²) in [7, 11) is 0. The lowest BCUT2D eigenvalue weighted by Gasteiger charge is -2.36. The van der Waals surface area contributed by atoms with Crippen LogP contribution in [0.3, 0.4) is 0 Å². The van der Waals surface area contributed by atoms with E-state index >= 15 is 0 Å². The smallest absolute Gasteiger partial charge is 0.230 e. The fourth-order valence-electron chi connectivity index (χ4n) is 2.77. The fourth-order valence-corrected chi connectivity index (χ4v) is 2.77. The average Bonchev–Trinajstić information content (AvgIpc) is 2.99. The Hall–Kier alpha value is -1.76. The van der Waals surface area contributed by atoms with Crippen molar-refractivity contribution in [3.63, 3.8) is 0 Å². The van der Waals surface area contributed by atoms with Crippen molar-refractivity contribution in [3.05, 3.63) is 47.2 Å². The van der Waals surface area contributed by atoms with E-state index in [4.69, 9.17) is 9.15 Å². The van der Waals surface area contributed by atoms with Gasteiger partial charge in [0.25, 0.3) is 0 Å². The molecule has 0 unspecified atom stereocenters. The fraction of sp³-hybridized carbons (Fsp3) is 0.529. The van der Waals surface area contributed by atoms with Crippen LogP contribution >= 0.6 is 0 Å². The number of aryl methyl sites for hydroxylation is 1. The zero-order valence-corrected chi connectivity index (χ0v) is 13.6. The summed E-state index contributed by atoms with van der Waals surface area (Å²) in [6.07, 6.45) is 0.512. The van der Waals surface area contributed by atoms with E-state index in [0.29, 0.717) is 37.9 Å². The summed E-state index contributed by atoms with van der Waals surface area (Å²) in [6, 6.07) is 8.47. The van der Waals surface area contributed by atoms with E-state index in [-0.39, 0.29) is 18.8 Å². The molecule has 0 radical (unpaired) electrons. The van der Waals surface area contributed by atoms with E-state index in [1.54, 1.807) is 0 Å². The highest BCUT2D eigenvalue weighted by molar-refractivity contribution is 5.27. The highest BCUT2D eigenvalue weighted by Gasteiger charge is 2.27.